The summed E-state index contributed by atoms with van der Waals surface area (Å²) >= 11 is 0. The maximum absolute atomic E-state index is 12.5. The van der Waals surface area contributed by atoms with Gasteiger partial charge in [-0.3, -0.25) is 4.79 Å². The molecule has 1 atom stereocenters. The minimum Gasteiger partial charge on any atom is -0.398 e. The smallest absolute Gasteiger partial charge is 0.248 e. The average molecular weight is 283 g/mol. The fraction of sp³-hybridized carbons (Fsp3) is 0.417. The van der Waals surface area contributed by atoms with Crippen LogP contribution in [-0.2, 0) is 10.0 Å². The fourth-order valence-corrected chi connectivity index (χ4v) is 4.13. The molecule has 1 saturated heterocycles. The zero-order chi connectivity index (χ0) is 14.2. The highest BCUT2D eigenvalue weighted by Gasteiger charge is 2.33. The van der Waals surface area contributed by atoms with Crippen LogP contribution in [0.1, 0.15) is 30.1 Å². The van der Waals surface area contributed by atoms with Crippen molar-refractivity contribution in [3.8, 4) is 0 Å². The summed E-state index contributed by atoms with van der Waals surface area (Å²) in [5.41, 5.74) is 11.1. The van der Waals surface area contributed by atoms with Gasteiger partial charge >= 0.3 is 0 Å². The van der Waals surface area contributed by atoms with Crippen molar-refractivity contribution in [3.63, 3.8) is 0 Å². The number of primary amides is 1. The number of anilines is 1. The Hall–Kier alpha value is -1.60. The monoisotopic (exact) mass is 283 g/mol. The molecule has 0 radical (unpaired) electrons. The van der Waals surface area contributed by atoms with Gasteiger partial charge in [0.15, 0.2) is 0 Å². The first-order chi connectivity index (χ1) is 8.84. The predicted octanol–water partition coefficient (Wildman–Crippen LogP) is 0.541. The Kier molecular flexibility index (Phi) is 3.51. The lowest BCUT2D eigenvalue weighted by atomic mass is 10.2. The van der Waals surface area contributed by atoms with Crippen LogP contribution in [0.25, 0.3) is 0 Å². The van der Waals surface area contributed by atoms with Gasteiger partial charge < -0.3 is 11.5 Å². The predicted molar refractivity (Wildman–Crippen MR) is 72.0 cm³/mol. The number of amides is 1. The lowest BCUT2D eigenvalue weighted by molar-refractivity contribution is 0.1000. The number of rotatable bonds is 3. The van der Waals surface area contributed by atoms with Crippen molar-refractivity contribution in [2.45, 2.75) is 30.7 Å². The third-order valence-corrected chi connectivity index (χ3v) is 5.46. The van der Waals surface area contributed by atoms with Crippen LogP contribution < -0.4 is 11.5 Å². The van der Waals surface area contributed by atoms with Crippen LogP contribution in [0.5, 0.6) is 0 Å². The molecule has 1 heterocycles. The molecule has 1 aliphatic rings. The highest BCUT2D eigenvalue weighted by molar-refractivity contribution is 7.89. The van der Waals surface area contributed by atoms with Gasteiger partial charge in [-0.2, -0.15) is 4.31 Å². The SMILES string of the molecule is CC1CCCN1S(=O)(=O)c1ccc(C(N)=O)cc1N. The summed E-state index contributed by atoms with van der Waals surface area (Å²) in [6.45, 7) is 2.37. The van der Waals surface area contributed by atoms with E-state index >= 15 is 0 Å². The summed E-state index contributed by atoms with van der Waals surface area (Å²) in [4.78, 5) is 11.1. The molecule has 0 saturated carbocycles. The number of nitrogen functional groups attached to an aromatic ring is 1. The van der Waals surface area contributed by atoms with Gasteiger partial charge in [0.25, 0.3) is 0 Å². The van der Waals surface area contributed by atoms with E-state index in [1.807, 2.05) is 6.92 Å². The zero-order valence-corrected chi connectivity index (χ0v) is 11.5. The van der Waals surface area contributed by atoms with Crippen LogP contribution in [0.3, 0.4) is 0 Å². The van der Waals surface area contributed by atoms with Crippen molar-refractivity contribution in [1.82, 2.24) is 4.31 Å². The Morgan fingerprint density at radius 2 is 2.11 bits per heavy atom. The molecule has 0 aromatic heterocycles. The van der Waals surface area contributed by atoms with E-state index in [2.05, 4.69) is 0 Å². The van der Waals surface area contributed by atoms with E-state index in [1.165, 1.54) is 22.5 Å². The van der Waals surface area contributed by atoms with Crippen LogP contribution >= 0.6 is 0 Å². The zero-order valence-electron chi connectivity index (χ0n) is 10.7. The van der Waals surface area contributed by atoms with Crippen LogP contribution in [0.2, 0.25) is 0 Å². The topological polar surface area (TPSA) is 106 Å². The second-order valence-electron chi connectivity index (χ2n) is 4.72. The molecule has 4 N–H and O–H groups in total. The quantitative estimate of drug-likeness (QED) is 0.789. The molecule has 1 aliphatic heterocycles. The van der Waals surface area contributed by atoms with Gasteiger partial charge in [-0.25, -0.2) is 8.42 Å². The first-order valence-corrected chi connectivity index (χ1v) is 7.49. The second-order valence-corrected chi connectivity index (χ2v) is 6.58. The standard InChI is InChI=1S/C12H17N3O3S/c1-8-3-2-6-15(8)19(17,18)11-5-4-9(12(14)16)7-10(11)13/h4-5,7-8H,2-3,6,13H2,1H3,(H2,14,16). The Bertz CT molecular complexity index is 613. The van der Waals surface area contributed by atoms with E-state index in [0.717, 1.165) is 12.8 Å². The number of carbonyl (C=O) groups excluding carboxylic acids is 1. The Labute approximate surface area is 112 Å². The average Bonchev–Trinajstić information content (AvgIpc) is 2.75. The van der Waals surface area contributed by atoms with Crippen molar-refractivity contribution in [2.24, 2.45) is 5.73 Å². The minimum atomic E-state index is -3.60. The third kappa shape index (κ3) is 2.43. The van der Waals surface area contributed by atoms with Gasteiger partial charge in [0.1, 0.15) is 4.90 Å². The molecule has 104 valence electrons. The fourth-order valence-electron chi connectivity index (χ4n) is 2.33. The van der Waals surface area contributed by atoms with E-state index in [4.69, 9.17) is 11.5 Å². The van der Waals surface area contributed by atoms with Crippen LogP contribution in [-0.4, -0.2) is 31.2 Å². The highest BCUT2D eigenvalue weighted by Crippen LogP contribution is 2.29. The molecular formula is C12H17N3O3S. The van der Waals surface area contributed by atoms with Crippen LogP contribution in [0.4, 0.5) is 5.69 Å². The Balaban J connectivity index is 2.44. The van der Waals surface area contributed by atoms with Gasteiger partial charge in [0, 0.05) is 18.2 Å². The van der Waals surface area contributed by atoms with Crippen molar-refractivity contribution in [3.05, 3.63) is 23.8 Å². The Morgan fingerprint density at radius 1 is 1.42 bits per heavy atom. The molecule has 1 fully saturated rings. The molecule has 7 heteroatoms. The number of nitrogens with two attached hydrogens (primary N) is 2. The molecule has 0 aliphatic carbocycles. The van der Waals surface area contributed by atoms with Gasteiger partial charge in [-0.05, 0) is 38.0 Å². The maximum atomic E-state index is 12.5. The second kappa shape index (κ2) is 4.82. The van der Waals surface area contributed by atoms with Gasteiger partial charge in [0.2, 0.25) is 15.9 Å². The lowest BCUT2D eigenvalue weighted by Gasteiger charge is -2.21. The highest BCUT2D eigenvalue weighted by atomic mass is 32.2. The number of hydrogen-bond donors (Lipinski definition) is 2. The van der Waals surface area contributed by atoms with Crippen molar-refractivity contribution in [2.75, 3.05) is 12.3 Å². The van der Waals surface area contributed by atoms with E-state index < -0.39 is 15.9 Å². The molecule has 0 bridgehead atoms. The van der Waals surface area contributed by atoms with E-state index in [9.17, 15) is 13.2 Å². The molecule has 1 aromatic carbocycles. The summed E-state index contributed by atoms with van der Waals surface area (Å²) in [5.74, 6) is -0.634. The molecule has 0 spiro atoms. The van der Waals surface area contributed by atoms with Crippen molar-refractivity contribution >= 4 is 21.6 Å². The Morgan fingerprint density at radius 3 is 2.58 bits per heavy atom. The number of sulfonamides is 1. The number of hydrogen-bond acceptors (Lipinski definition) is 4. The summed E-state index contributed by atoms with van der Waals surface area (Å²) in [5, 5.41) is 0. The minimum absolute atomic E-state index is 0.0276. The van der Waals surface area contributed by atoms with Gasteiger partial charge in [-0.15, -0.1) is 0 Å². The molecule has 1 amide bonds. The molecule has 6 nitrogen and oxygen atoms in total. The summed E-state index contributed by atoms with van der Waals surface area (Å²) in [6.07, 6.45) is 1.69. The normalized spacial score (nSPS) is 20.6. The number of carbonyl (C=O) groups is 1. The van der Waals surface area contributed by atoms with Crippen molar-refractivity contribution < 1.29 is 13.2 Å². The summed E-state index contributed by atoms with van der Waals surface area (Å²) in [7, 11) is -3.60. The van der Waals surface area contributed by atoms with Gasteiger partial charge in [-0.1, -0.05) is 0 Å². The van der Waals surface area contributed by atoms with Gasteiger partial charge in [0.05, 0.1) is 5.69 Å². The van der Waals surface area contributed by atoms with Crippen molar-refractivity contribution in [1.29, 1.82) is 0 Å². The van der Waals surface area contributed by atoms with E-state index in [0.29, 0.717) is 6.54 Å². The first kappa shape index (κ1) is 13.8. The number of nitrogens with zero attached hydrogens (tertiary/aromatic N) is 1. The third-order valence-electron chi connectivity index (χ3n) is 3.37. The molecular weight excluding hydrogens is 266 g/mol. The molecule has 1 aromatic rings. The molecule has 19 heavy (non-hydrogen) atoms. The first-order valence-electron chi connectivity index (χ1n) is 6.05. The summed E-state index contributed by atoms with van der Waals surface area (Å²) < 4.78 is 26.4. The van der Waals surface area contributed by atoms with Crippen LogP contribution in [0.15, 0.2) is 23.1 Å². The number of benzene rings is 1. The summed E-state index contributed by atoms with van der Waals surface area (Å²) in [6, 6.07) is 4.00. The van der Waals surface area contributed by atoms with E-state index in [-0.39, 0.29) is 22.2 Å². The lowest BCUT2D eigenvalue weighted by Crippen LogP contribution is -2.34. The molecule has 2 rings (SSSR count). The largest absolute Gasteiger partial charge is 0.398 e. The maximum Gasteiger partial charge on any atom is 0.248 e. The van der Waals surface area contributed by atoms with Crippen LogP contribution in [0, 0.1) is 0 Å². The molecule has 1 unspecified atom stereocenters. The van der Waals surface area contributed by atoms with E-state index in [1.54, 1.807) is 0 Å².